The van der Waals surface area contributed by atoms with Crippen LogP contribution in [0.15, 0.2) is 47.1 Å². The van der Waals surface area contributed by atoms with Crippen molar-refractivity contribution < 1.29 is 28.1 Å². The monoisotopic (exact) mass is 385 g/mol. The number of aryl methyl sites for hydroxylation is 1. The number of hydrogen-bond donors (Lipinski definition) is 0. The van der Waals surface area contributed by atoms with Crippen molar-refractivity contribution in [3.05, 3.63) is 59.0 Å². The average Bonchev–Trinajstić information content (AvgIpc) is 3.05. The third kappa shape index (κ3) is 4.31. The molecule has 3 rings (SSSR count). The number of cyclic esters (lactones) is 1. The molecule has 28 heavy (non-hydrogen) atoms. The summed E-state index contributed by atoms with van der Waals surface area (Å²) >= 11 is 0. The highest BCUT2D eigenvalue weighted by Crippen LogP contribution is 2.39. The molecule has 0 aliphatic carbocycles. The first-order chi connectivity index (χ1) is 13.5. The maximum Gasteiger partial charge on any atom is 0.363 e. The molecule has 0 bridgehead atoms. The lowest BCUT2D eigenvalue weighted by Crippen LogP contribution is -2.05. The second-order valence-electron chi connectivity index (χ2n) is 6.01. The van der Waals surface area contributed by atoms with E-state index in [1.807, 2.05) is 0 Å². The largest absolute Gasteiger partial charge is 0.493 e. The van der Waals surface area contributed by atoms with Gasteiger partial charge in [0.15, 0.2) is 23.1 Å². The first-order valence-electron chi connectivity index (χ1n) is 8.60. The Morgan fingerprint density at radius 3 is 2.21 bits per heavy atom. The predicted octanol–water partition coefficient (Wildman–Crippen LogP) is 3.78. The summed E-state index contributed by atoms with van der Waals surface area (Å²) < 4.78 is 34.1. The van der Waals surface area contributed by atoms with Gasteiger partial charge in [0.2, 0.25) is 5.75 Å². The van der Waals surface area contributed by atoms with E-state index in [0.29, 0.717) is 41.6 Å². The molecule has 0 fully saturated rings. The van der Waals surface area contributed by atoms with Gasteiger partial charge in [0.05, 0.1) is 21.3 Å². The van der Waals surface area contributed by atoms with Gasteiger partial charge in [-0.05, 0) is 47.9 Å². The van der Waals surface area contributed by atoms with E-state index >= 15 is 0 Å². The van der Waals surface area contributed by atoms with E-state index in [-0.39, 0.29) is 11.5 Å². The van der Waals surface area contributed by atoms with Crippen LogP contribution in [0.3, 0.4) is 0 Å². The second kappa shape index (κ2) is 8.56. The van der Waals surface area contributed by atoms with Crippen LogP contribution in [0.2, 0.25) is 0 Å². The van der Waals surface area contributed by atoms with E-state index in [0.717, 1.165) is 5.56 Å². The van der Waals surface area contributed by atoms with Gasteiger partial charge in [-0.1, -0.05) is 12.1 Å². The van der Waals surface area contributed by atoms with Crippen molar-refractivity contribution in [3.8, 4) is 17.2 Å². The molecule has 1 aliphatic heterocycles. The third-order valence-electron chi connectivity index (χ3n) is 4.20. The number of carbonyl (C=O) groups excluding carboxylic acids is 1. The van der Waals surface area contributed by atoms with Crippen LogP contribution in [-0.2, 0) is 16.0 Å². The van der Waals surface area contributed by atoms with Crippen LogP contribution >= 0.6 is 0 Å². The molecule has 0 amide bonds. The molecule has 1 heterocycles. The maximum atomic E-state index is 13.0. The molecule has 7 heteroatoms. The second-order valence-corrected chi connectivity index (χ2v) is 6.01. The lowest BCUT2D eigenvalue weighted by Gasteiger charge is -2.12. The van der Waals surface area contributed by atoms with Crippen molar-refractivity contribution in [2.24, 2.45) is 4.99 Å². The molecule has 6 nitrogen and oxygen atoms in total. The van der Waals surface area contributed by atoms with E-state index < -0.39 is 5.97 Å². The van der Waals surface area contributed by atoms with Crippen LogP contribution in [0.5, 0.6) is 17.2 Å². The van der Waals surface area contributed by atoms with Crippen LogP contribution in [0, 0.1) is 5.82 Å². The normalized spacial score (nSPS) is 14.6. The fourth-order valence-corrected chi connectivity index (χ4v) is 2.81. The Hall–Kier alpha value is -3.35. The smallest absolute Gasteiger partial charge is 0.363 e. The Kier molecular flexibility index (Phi) is 5.93. The van der Waals surface area contributed by atoms with Gasteiger partial charge in [-0.15, -0.1) is 0 Å². The summed E-state index contributed by atoms with van der Waals surface area (Å²) in [5.41, 5.74) is 1.77. The summed E-state index contributed by atoms with van der Waals surface area (Å²) in [7, 11) is 4.55. The number of rotatable bonds is 7. The molecule has 146 valence electrons. The van der Waals surface area contributed by atoms with Crippen molar-refractivity contribution in [1.82, 2.24) is 0 Å². The number of hydrogen-bond acceptors (Lipinski definition) is 6. The minimum atomic E-state index is -0.525. The molecule has 0 saturated carbocycles. The zero-order valence-electron chi connectivity index (χ0n) is 15.8. The van der Waals surface area contributed by atoms with Crippen LogP contribution in [0.4, 0.5) is 4.39 Å². The Morgan fingerprint density at radius 1 is 1.00 bits per heavy atom. The Morgan fingerprint density at radius 2 is 1.64 bits per heavy atom. The van der Waals surface area contributed by atoms with E-state index in [2.05, 4.69) is 4.99 Å². The number of carbonyl (C=O) groups is 1. The third-order valence-corrected chi connectivity index (χ3v) is 4.20. The molecular formula is C21H20FNO5. The average molecular weight is 385 g/mol. The van der Waals surface area contributed by atoms with Gasteiger partial charge in [-0.2, -0.15) is 0 Å². The summed E-state index contributed by atoms with van der Waals surface area (Å²) in [6.45, 7) is 0. The highest BCUT2D eigenvalue weighted by atomic mass is 19.1. The fourth-order valence-electron chi connectivity index (χ4n) is 2.81. The van der Waals surface area contributed by atoms with Crippen LogP contribution in [-0.4, -0.2) is 33.2 Å². The van der Waals surface area contributed by atoms with Gasteiger partial charge < -0.3 is 18.9 Å². The van der Waals surface area contributed by atoms with E-state index in [4.69, 9.17) is 18.9 Å². The molecule has 0 N–H and O–H groups in total. The molecule has 0 unspecified atom stereocenters. The molecule has 2 aromatic carbocycles. The number of aliphatic imine (C=N–C) groups is 1. The minimum Gasteiger partial charge on any atom is -0.493 e. The summed E-state index contributed by atoms with van der Waals surface area (Å²) in [6, 6.07) is 9.61. The molecule has 1 aliphatic rings. The van der Waals surface area contributed by atoms with Crippen molar-refractivity contribution in [3.63, 3.8) is 0 Å². The van der Waals surface area contributed by atoms with Gasteiger partial charge in [0.25, 0.3) is 0 Å². The number of esters is 1. The highest BCUT2D eigenvalue weighted by Gasteiger charge is 2.23. The van der Waals surface area contributed by atoms with Crippen molar-refractivity contribution in [2.45, 2.75) is 12.8 Å². The minimum absolute atomic E-state index is 0.184. The lowest BCUT2D eigenvalue weighted by molar-refractivity contribution is -0.130. The van der Waals surface area contributed by atoms with Crippen LogP contribution in [0.25, 0.3) is 6.08 Å². The van der Waals surface area contributed by atoms with Crippen molar-refractivity contribution >= 4 is 17.9 Å². The predicted molar refractivity (Wildman–Crippen MR) is 102 cm³/mol. The summed E-state index contributed by atoms with van der Waals surface area (Å²) in [5.74, 6) is 0.922. The maximum absolute atomic E-state index is 13.0. The number of methoxy groups -OCH3 is 3. The molecule has 0 atom stereocenters. The number of benzene rings is 2. The van der Waals surface area contributed by atoms with E-state index in [9.17, 15) is 9.18 Å². The summed E-state index contributed by atoms with van der Waals surface area (Å²) in [6.07, 6.45) is 2.62. The first-order valence-corrected chi connectivity index (χ1v) is 8.60. The quantitative estimate of drug-likeness (QED) is 0.536. The molecule has 2 aromatic rings. The SMILES string of the molecule is COc1cc(/C=C2/N=C(CCc3ccc(F)cc3)OC2=O)cc(OC)c1OC. The van der Waals surface area contributed by atoms with Gasteiger partial charge in [-0.25, -0.2) is 14.2 Å². The highest BCUT2D eigenvalue weighted by molar-refractivity contribution is 6.07. The number of halogens is 1. The van der Waals surface area contributed by atoms with Crippen molar-refractivity contribution in [2.75, 3.05) is 21.3 Å². The van der Waals surface area contributed by atoms with Crippen molar-refractivity contribution in [1.29, 1.82) is 0 Å². The van der Waals surface area contributed by atoms with Gasteiger partial charge >= 0.3 is 5.97 Å². The Bertz CT molecular complexity index is 909. The topological polar surface area (TPSA) is 66.4 Å². The van der Waals surface area contributed by atoms with Gasteiger partial charge in [0.1, 0.15) is 5.82 Å². The zero-order valence-corrected chi connectivity index (χ0v) is 15.8. The van der Waals surface area contributed by atoms with Gasteiger partial charge in [-0.3, -0.25) is 0 Å². The van der Waals surface area contributed by atoms with Crippen LogP contribution in [0.1, 0.15) is 17.5 Å². The van der Waals surface area contributed by atoms with Crippen LogP contribution < -0.4 is 14.2 Å². The Balaban J connectivity index is 1.79. The lowest BCUT2D eigenvalue weighted by atomic mass is 10.1. The summed E-state index contributed by atoms with van der Waals surface area (Å²) in [4.78, 5) is 16.4. The fraction of sp³-hybridized carbons (Fsp3) is 0.238. The van der Waals surface area contributed by atoms with E-state index in [1.165, 1.54) is 33.5 Å². The standard InChI is InChI=1S/C21H20FNO5/c1-25-17-11-14(12-18(26-2)20(17)27-3)10-16-21(24)28-19(23-16)9-6-13-4-7-15(22)8-5-13/h4-5,7-8,10-12H,6,9H2,1-3H3/b16-10+. The summed E-state index contributed by atoms with van der Waals surface area (Å²) in [5, 5.41) is 0. The first kappa shape index (κ1) is 19.4. The molecular weight excluding hydrogens is 365 g/mol. The Labute approximate surface area is 162 Å². The number of ether oxygens (including phenoxy) is 4. The van der Waals surface area contributed by atoms with E-state index in [1.54, 1.807) is 30.3 Å². The van der Waals surface area contributed by atoms with Gasteiger partial charge in [0, 0.05) is 6.42 Å². The molecule has 0 spiro atoms. The molecule has 0 saturated heterocycles. The number of nitrogens with zero attached hydrogens (tertiary/aromatic N) is 1. The zero-order chi connectivity index (χ0) is 20.1. The molecule has 0 aromatic heterocycles. The molecule has 0 radical (unpaired) electrons.